The van der Waals surface area contributed by atoms with E-state index in [4.69, 9.17) is 4.74 Å². The predicted molar refractivity (Wildman–Crippen MR) is 77.6 cm³/mol. The number of aliphatic hydroxyl groups excluding tert-OH is 3. The molecule has 4 N–H and O–H groups in total. The zero-order chi connectivity index (χ0) is 15.9. The van der Waals surface area contributed by atoms with Crippen molar-refractivity contribution in [2.24, 2.45) is 0 Å². The SMILES string of the molecule is Cc1ccn2c(=O)c(NC3OC[C@@H](O)[C@H](O)[C@H]3O)cnc2c1. The number of nitrogens with zero attached hydrogens (tertiary/aromatic N) is 2. The third kappa shape index (κ3) is 2.57. The minimum absolute atomic E-state index is 0.133. The number of fused-ring (bicyclic) bond motifs is 1. The number of anilines is 1. The second-order valence-electron chi connectivity index (χ2n) is 5.36. The van der Waals surface area contributed by atoms with E-state index in [0.29, 0.717) is 5.65 Å². The van der Waals surface area contributed by atoms with Crippen LogP contribution in [-0.2, 0) is 4.74 Å². The van der Waals surface area contributed by atoms with Gasteiger partial charge in [0, 0.05) is 6.20 Å². The summed E-state index contributed by atoms with van der Waals surface area (Å²) in [6.07, 6.45) is -1.90. The van der Waals surface area contributed by atoms with E-state index in [-0.39, 0.29) is 17.9 Å². The Morgan fingerprint density at radius 2 is 2.14 bits per heavy atom. The average Bonchev–Trinajstić information content (AvgIpc) is 2.50. The van der Waals surface area contributed by atoms with Crippen molar-refractivity contribution in [3.8, 4) is 0 Å². The molecule has 1 aliphatic rings. The zero-order valence-electron chi connectivity index (χ0n) is 11.9. The first kappa shape index (κ1) is 14.9. The van der Waals surface area contributed by atoms with Crippen LogP contribution in [0.5, 0.6) is 0 Å². The van der Waals surface area contributed by atoms with Crippen molar-refractivity contribution in [1.82, 2.24) is 9.38 Å². The number of aliphatic hydroxyl groups is 3. The maximum absolute atomic E-state index is 12.4. The smallest absolute Gasteiger partial charge is 0.281 e. The summed E-state index contributed by atoms with van der Waals surface area (Å²) < 4.78 is 6.59. The predicted octanol–water partition coefficient (Wildman–Crippen LogP) is -1.15. The van der Waals surface area contributed by atoms with Crippen molar-refractivity contribution in [3.63, 3.8) is 0 Å². The van der Waals surface area contributed by atoms with Gasteiger partial charge < -0.3 is 25.4 Å². The highest BCUT2D eigenvalue weighted by Gasteiger charge is 2.37. The summed E-state index contributed by atoms with van der Waals surface area (Å²) in [6.45, 7) is 1.76. The van der Waals surface area contributed by atoms with Gasteiger partial charge in [0.2, 0.25) is 0 Å². The molecule has 0 amide bonds. The fraction of sp³-hybridized carbons (Fsp3) is 0.429. The van der Waals surface area contributed by atoms with Crippen molar-refractivity contribution in [1.29, 1.82) is 0 Å². The van der Waals surface area contributed by atoms with Gasteiger partial charge in [-0.1, -0.05) is 0 Å². The van der Waals surface area contributed by atoms with E-state index >= 15 is 0 Å². The summed E-state index contributed by atoms with van der Waals surface area (Å²) in [5, 5.41) is 31.7. The Balaban J connectivity index is 1.90. The van der Waals surface area contributed by atoms with Gasteiger partial charge in [0.05, 0.1) is 12.8 Å². The first-order valence-electron chi connectivity index (χ1n) is 6.88. The third-order valence-electron chi connectivity index (χ3n) is 3.66. The van der Waals surface area contributed by atoms with Gasteiger partial charge in [0.1, 0.15) is 29.6 Å². The number of aromatic nitrogens is 2. The minimum atomic E-state index is -1.36. The van der Waals surface area contributed by atoms with Crippen LogP contribution in [0.1, 0.15) is 5.56 Å². The van der Waals surface area contributed by atoms with Crippen LogP contribution < -0.4 is 10.9 Å². The first-order valence-corrected chi connectivity index (χ1v) is 6.88. The number of aryl methyl sites for hydroxylation is 1. The lowest BCUT2D eigenvalue weighted by atomic mass is 10.0. The monoisotopic (exact) mass is 307 g/mol. The number of ether oxygens (including phenoxy) is 1. The van der Waals surface area contributed by atoms with Crippen LogP contribution >= 0.6 is 0 Å². The third-order valence-corrected chi connectivity index (χ3v) is 3.66. The normalized spacial score (nSPS) is 28.7. The van der Waals surface area contributed by atoms with Crippen molar-refractivity contribution in [2.75, 3.05) is 11.9 Å². The molecule has 0 spiro atoms. The van der Waals surface area contributed by atoms with E-state index in [1.54, 1.807) is 18.3 Å². The standard InChI is InChI=1S/C14H17N3O5/c1-7-2-3-17-10(4-7)15-5-8(14(17)21)16-13-12(20)11(19)9(18)6-22-13/h2-5,9,11-13,16,18-20H,6H2,1H3/t9-,11+,12-,13?/m1/s1. The number of hydrogen-bond acceptors (Lipinski definition) is 7. The largest absolute Gasteiger partial charge is 0.388 e. The van der Waals surface area contributed by atoms with Gasteiger partial charge in [-0.2, -0.15) is 0 Å². The molecule has 3 rings (SSSR count). The Morgan fingerprint density at radius 3 is 2.91 bits per heavy atom. The fourth-order valence-corrected chi connectivity index (χ4v) is 2.36. The summed E-state index contributed by atoms with van der Waals surface area (Å²) in [6, 6.07) is 3.56. The molecular weight excluding hydrogens is 290 g/mol. The molecule has 0 bridgehead atoms. The van der Waals surface area contributed by atoms with Gasteiger partial charge in [-0.05, 0) is 24.6 Å². The summed E-state index contributed by atoms with van der Waals surface area (Å²) in [4.78, 5) is 16.6. The molecule has 0 radical (unpaired) electrons. The molecule has 0 aromatic carbocycles. The van der Waals surface area contributed by atoms with Gasteiger partial charge in [0.25, 0.3) is 5.56 Å². The van der Waals surface area contributed by atoms with Crippen LogP contribution in [0, 0.1) is 6.92 Å². The van der Waals surface area contributed by atoms with Crippen LogP contribution in [0.15, 0.2) is 29.3 Å². The van der Waals surface area contributed by atoms with E-state index in [2.05, 4.69) is 10.3 Å². The molecule has 2 aromatic heterocycles. The van der Waals surface area contributed by atoms with E-state index in [0.717, 1.165) is 5.56 Å². The van der Waals surface area contributed by atoms with Gasteiger partial charge in [-0.25, -0.2) is 4.98 Å². The van der Waals surface area contributed by atoms with Crippen molar-refractivity contribution >= 4 is 11.3 Å². The zero-order valence-corrected chi connectivity index (χ0v) is 11.9. The van der Waals surface area contributed by atoms with Crippen LogP contribution in [0.3, 0.4) is 0 Å². The Kier molecular flexibility index (Phi) is 3.83. The van der Waals surface area contributed by atoms with Gasteiger partial charge in [-0.3, -0.25) is 9.20 Å². The quantitative estimate of drug-likeness (QED) is 0.554. The van der Waals surface area contributed by atoms with Crippen molar-refractivity contribution in [2.45, 2.75) is 31.5 Å². The fourth-order valence-electron chi connectivity index (χ4n) is 2.36. The molecule has 118 valence electrons. The topological polar surface area (TPSA) is 116 Å². The number of rotatable bonds is 2. The second kappa shape index (κ2) is 5.65. The molecular formula is C14H17N3O5. The molecule has 1 aliphatic heterocycles. The molecule has 1 fully saturated rings. The molecule has 8 heteroatoms. The summed E-state index contributed by atoms with van der Waals surface area (Å²) in [5.74, 6) is 0. The molecule has 0 aliphatic carbocycles. The lowest BCUT2D eigenvalue weighted by Crippen LogP contribution is -2.55. The van der Waals surface area contributed by atoms with E-state index in [9.17, 15) is 20.1 Å². The minimum Gasteiger partial charge on any atom is -0.388 e. The van der Waals surface area contributed by atoms with Crippen molar-refractivity contribution < 1.29 is 20.1 Å². The Bertz CT molecular complexity index is 747. The van der Waals surface area contributed by atoms with Gasteiger partial charge in [0.15, 0.2) is 6.23 Å². The van der Waals surface area contributed by atoms with Crippen LogP contribution in [-0.4, -0.2) is 55.9 Å². The van der Waals surface area contributed by atoms with E-state index < -0.39 is 24.5 Å². The molecule has 4 atom stereocenters. The van der Waals surface area contributed by atoms with E-state index in [1.807, 2.05) is 6.92 Å². The van der Waals surface area contributed by atoms with Gasteiger partial charge >= 0.3 is 0 Å². The van der Waals surface area contributed by atoms with Crippen molar-refractivity contribution in [3.05, 3.63) is 40.4 Å². The number of nitrogens with one attached hydrogen (secondary N) is 1. The molecule has 1 unspecified atom stereocenters. The van der Waals surface area contributed by atoms with E-state index in [1.165, 1.54) is 10.6 Å². The summed E-state index contributed by atoms with van der Waals surface area (Å²) in [7, 11) is 0. The van der Waals surface area contributed by atoms with Gasteiger partial charge in [-0.15, -0.1) is 0 Å². The molecule has 2 aromatic rings. The van der Waals surface area contributed by atoms with Crippen LogP contribution in [0.4, 0.5) is 5.69 Å². The molecule has 3 heterocycles. The average molecular weight is 307 g/mol. The highest BCUT2D eigenvalue weighted by molar-refractivity contribution is 5.48. The van der Waals surface area contributed by atoms with Crippen LogP contribution in [0.25, 0.3) is 5.65 Å². The molecule has 1 saturated heterocycles. The highest BCUT2D eigenvalue weighted by atomic mass is 16.5. The molecule has 22 heavy (non-hydrogen) atoms. The highest BCUT2D eigenvalue weighted by Crippen LogP contribution is 2.17. The summed E-state index contributed by atoms with van der Waals surface area (Å²) in [5.41, 5.74) is 1.28. The maximum atomic E-state index is 12.4. The summed E-state index contributed by atoms with van der Waals surface area (Å²) >= 11 is 0. The number of hydrogen-bond donors (Lipinski definition) is 4. The lowest BCUT2D eigenvalue weighted by Gasteiger charge is -2.35. The Labute approximate surface area is 125 Å². The maximum Gasteiger partial charge on any atom is 0.281 e. The number of pyridine rings is 1. The van der Waals surface area contributed by atoms with Crippen LogP contribution in [0.2, 0.25) is 0 Å². The second-order valence-corrected chi connectivity index (χ2v) is 5.36. The molecule has 0 saturated carbocycles. The first-order chi connectivity index (χ1) is 10.5. The lowest BCUT2D eigenvalue weighted by molar-refractivity contribution is -0.178. The Hall–Kier alpha value is -2.00. The Morgan fingerprint density at radius 1 is 1.36 bits per heavy atom. The molecule has 8 nitrogen and oxygen atoms in total.